The summed E-state index contributed by atoms with van der Waals surface area (Å²) in [6, 6.07) is 0. The summed E-state index contributed by atoms with van der Waals surface area (Å²) in [5, 5.41) is 0. The summed E-state index contributed by atoms with van der Waals surface area (Å²) in [6.07, 6.45) is 20.5. The molecular weight excluding hydrogens is 607 g/mol. The van der Waals surface area contributed by atoms with E-state index in [4.69, 9.17) is 9.47 Å². The van der Waals surface area contributed by atoms with E-state index in [9.17, 15) is 9.59 Å². The Morgan fingerprint density at radius 1 is 0.514 bits per heavy atom. The molecule has 0 saturated carbocycles. The van der Waals surface area contributed by atoms with Crippen molar-refractivity contribution in [2.75, 3.05) is 24.7 Å². The minimum absolute atomic E-state index is 0.0241. The molecule has 0 fully saturated rings. The van der Waals surface area contributed by atoms with E-state index >= 15 is 0 Å². The van der Waals surface area contributed by atoms with E-state index in [0.29, 0.717) is 26.1 Å². The fraction of sp³-hybridized carbons (Fsp3) is 0.933. The molecular formula is C30H60O4S2Sn. The molecule has 0 heterocycles. The second-order valence-electron chi connectivity index (χ2n) is 10.3. The molecule has 0 rings (SSSR count). The van der Waals surface area contributed by atoms with Crippen molar-refractivity contribution in [1.29, 1.82) is 0 Å². The minimum Gasteiger partial charge on any atom is -0.0654 e. The zero-order valence-electron chi connectivity index (χ0n) is 24.9. The average molecular weight is 668 g/mol. The Balaban J connectivity index is 4.38. The summed E-state index contributed by atoms with van der Waals surface area (Å²) in [5.41, 5.74) is 0. The van der Waals surface area contributed by atoms with E-state index in [1.165, 1.54) is 85.9 Å². The van der Waals surface area contributed by atoms with Gasteiger partial charge in [-0.2, -0.15) is 0 Å². The topological polar surface area (TPSA) is 52.6 Å². The zero-order chi connectivity index (χ0) is 27.5. The molecule has 0 aromatic carbocycles. The van der Waals surface area contributed by atoms with Gasteiger partial charge in [0.1, 0.15) is 0 Å². The van der Waals surface area contributed by atoms with Gasteiger partial charge in [-0.1, -0.05) is 13.8 Å². The normalized spacial score (nSPS) is 11.6. The van der Waals surface area contributed by atoms with E-state index in [1.807, 2.05) is 0 Å². The van der Waals surface area contributed by atoms with Crippen molar-refractivity contribution >= 4 is 45.4 Å². The molecule has 0 aliphatic rings. The van der Waals surface area contributed by atoms with E-state index in [0.717, 1.165) is 37.2 Å². The average Bonchev–Trinajstić information content (AvgIpc) is 2.90. The van der Waals surface area contributed by atoms with Gasteiger partial charge in [0.05, 0.1) is 0 Å². The Morgan fingerprint density at radius 2 is 0.865 bits per heavy atom. The van der Waals surface area contributed by atoms with Crippen LogP contribution in [0.25, 0.3) is 0 Å². The summed E-state index contributed by atoms with van der Waals surface area (Å²) in [7, 11) is 4.33. The summed E-state index contributed by atoms with van der Waals surface area (Å²) >= 11 is -2.51. The van der Waals surface area contributed by atoms with Crippen LogP contribution in [0.15, 0.2) is 0 Å². The SMILES string of the molecule is CCCCCCCCC(=O)OCC[S][Sn]([CH2]CCC)([CH2]CCC)[S]CCOC(=O)CCCCCCCC. The van der Waals surface area contributed by atoms with Crippen molar-refractivity contribution in [3.8, 4) is 0 Å². The molecule has 0 atom stereocenters. The van der Waals surface area contributed by atoms with Crippen LogP contribution in [-0.4, -0.2) is 52.3 Å². The second-order valence-corrected chi connectivity index (χ2v) is 36.9. The predicted octanol–water partition coefficient (Wildman–Crippen LogP) is 10.1. The van der Waals surface area contributed by atoms with Gasteiger partial charge in [0.25, 0.3) is 0 Å². The number of hydrogen-bond acceptors (Lipinski definition) is 6. The third kappa shape index (κ3) is 24.0. The Hall–Kier alpha value is 0.439. The van der Waals surface area contributed by atoms with Crippen LogP contribution in [0.3, 0.4) is 0 Å². The summed E-state index contributed by atoms with van der Waals surface area (Å²) in [4.78, 5) is 24.3. The van der Waals surface area contributed by atoms with Crippen LogP contribution >= 0.6 is 17.9 Å². The van der Waals surface area contributed by atoms with Gasteiger partial charge >= 0.3 is 228 Å². The van der Waals surface area contributed by atoms with Gasteiger partial charge in [0, 0.05) is 0 Å². The van der Waals surface area contributed by atoms with Crippen LogP contribution in [-0.2, 0) is 19.1 Å². The van der Waals surface area contributed by atoms with Crippen molar-refractivity contribution in [1.82, 2.24) is 0 Å². The van der Waals surface area contributed by atoms with Crippen LogP contribution in [0.2, 0.25) is 8.87 Å². The quantitative estimate of drug-likeness (QED) is 0.0470. The first kappa shape index (κ1) is 37.4. The van der Waals surface area contributed by atoms with Crippen LogP contribution in [0, 0.1) is 0 Å². The Morgan fingerprint density at radius 3 is 1.24 bits per heavy atom. The molecule has 7 heteroatoms. The predicted molar refractivity (Wildman–Crippen MR) is 168 cm³/mol. The second kappa shape index (κ2) is 28.0. The van der Waals surface area contributed by atoms with Crippen molar-refractivity contribution in [3.63, 3.8) is 0 Å². The number of carbonyl (C=O) groups excluding carboxylic acids is 2. The molecule has 4 nitrogen and oxygen atoms in total. The molecule has 0 aliphatic carbocycles. The number of hydrogen-bond donors (Lipinski definition) is 0. The van der Waals surface area contributed by atoms with E-state index in [-0.39, 0.29) is 11.9 Å². The third-order valence-electron chi connectivity index (χ3n) is 6.71. The molecule has 0 aliphatic heterocycles. The van der Waals surface area contributed by atoms with Gasteiger partial charge in [-0.3, -0.25) is 0 Å². The molecule has 0 radical (unpaired) electrons. The molecule has 0 unspecified atom stereocenters. The molecule has 0 spiro atoms. The zero-order valence-corrected chi connectivity index (χ0v) is 29.4. The molecule has 0 N–H and O–H groups in total. The van der Waals surface area contributed by atoms with Gasteiger partial charge in [-0.15, -0.1) is 0 Å². The molecule has 0 bridgehead atoms. The maximum atomic E-state index is 12.1. The Kier molecular flexibility index (Phi) is 28.3. The fourth-order valence-corrected chi connectivity index (χ4v) is 34.3. The molecule has 0 aromatic heterocycles. The number of carbonyl (C=O) groups is 2. The summed E-state index contributed by atoms with van der Waals surface area (Å²) < 4.78 is 13.9. The Labute approximate surface area is 240 Å². The van der Waals surface area contributed by atoms with E-state index < -0.39 is 15.6 Å². The van der Waals surface area contributed by atoms with Crippen LogP contribution in [0.5, 0.6) is 0 Å². The number of ether oxygens (including phenoxy) is 2. The smallest absolute Gasteiger partial charge is 0.0654 e. The number of esters is 2. The maximum absolute atomic E-state index is 12.1. The molecule has 0 saturated heterocycles. The van der Waals surface area contributed by atoms with Crippen LogP contribution in [0.4, 0.5) is 0 Å². The monoisotopic (exact) mass is 668 g/mol. The standard InChI is InChI=1S/2C11H22O2S.2C4H9.Sn/c2*1-2-3-4-5-6-7-8-11(12)13-9-10-14;2*1-3-4-2;/h2*14H,2-10H2,1H3;2*1,3-4H2,2H3;/q;;;;+2/p-2. The molecule has 37 heavy (non-hydrogen) atoms. The Bertz CT molecular complexity index is 488. The molecule has 220 valence electrons. The first-order valence-corrected chi connectivity index (χ1v) is 28.6. The first-order valence-electron chi connectivity index (χ1n) is 15.6. The van der Waals surface area contributed by atoms with Crippen molar-refractivity contribution < 1.29 is 19.1 Å². The van der Waals surface area contributed by atoms with Gasteiger partial charge in [-0.25, -0.2) is 0 Å². The van der Waals surface area contributed by atoms with Crippen LogP contribution < -0.4 is 0 Å². The van der Waals surface area contributed by atoms with Gasteiger partial charge in [-0.05, 0) is 0 Å². The number of unbranched alkanes of at least 4 members (excludes halogenated alkanes) is 12. The van der Waals surface area contributed by atoms with Crippen molar-refractivity contribution in [3.05, 3.63) is 0 Å². The fourth-order valence-electron chi connectivity index (χ4n) is 4.36. The van der Waals surface area contributed by atoms with Crippen molar-refractivity contribution in [2.24, 2.45) is 0 Å². The molecule has 0 amide bonds. The van der Waals surface area contributed by atoms with Gasteiger partial charge < -0.3 is 0 Å². The third-order valence-corrected chi connectivity index (χ3v) is 37.6. The first-order chi connectivity index (χ1) is 18.0. The minimum atomic E-state index is -2.51. The van der Waals surface area contributed by atoms with Crippen molar-refractivity contribution in [2.45, 2.75) is 152 Å². The van der Waals surface area contributed by atoms with E-state index in [2.05, 4.69) is 45.6 Å². The number of rotatable bonds is 28. The molecule has 0 aromatic rings. The summed E-state index contributed by atoms with van der Waals surface area (Å²) in [6.45, 7) is 10.1. The van der Waals surface area contributed by atoms with E-state index in [1.54, 1.807) is 0 Å². The van der Waals surface area contributed by atoms with Gasteiger partial charge in [0.15, 0.2) is 0 Å². The summed E-state index contributed by atoms with van der Waals surface area (Å²) in [5.74, 6) is 1.81. The van der Waals surface area contributed by atoms with Crippen LogP contribution in [0.1, 0.15) is 143 Å². The van der Waals surface area contributed by atoms with Gasteiger partial charge in [0.2, 0.25) is 0 Å².